The molecule has 54 heavy (non-hydrogen) atoms. The summed E-state index contributed by atoms with van der Waals surface area (Å²) < 4.78 is 0. The van der Waals surface area contributed by atoms with E-state index in [1.54, 1.807) is 0 Å². The molecule has 1 aliphatic rings. The Morgan fingerprint density at radius 3 is 1.65 bits per heavy atom. The summed E-state index contributed by atoms with van der Waals surface area (Å²) in [7, 11) is 0. The highest BCUT2D eigenvalue weighted by molar-refractivity contribution is 6.14. The molecule has 256 valence electrons. The predicted octanol–water partition coefficient (Wildman–Crippen LogP) is 14.8. The molecule has 0 spiro atoms. The minimum Gasteiger partial charge on any atom is -0.309 e. The van der Waals surface area contributed by atoms with Crippen LogP contribution in [0.2, 0.25) is 0 Å². The van der Waals surface area contributed by atoms with Crippen LogP contribution in [0.1, 0.15) is 25.0 Å². The fraction of sp³-hybridized carbons (Fsp3) is 0.0566. The van der Waals surface area contributed by atoms with Gasteiger partial charge < -0.3 is 4.90 Å². The zero-order chi connectivity index (χ0) is 36.2. The zero-order valence-corrected chi connectivity index (χ0v) is 30.5. The van der Waals surface area contributed by atoms with Crippen LogP contribution in [0, 0.1) is 0 Å². The molecule has 0 amide bonds. The van der Waals surface area contributed by atoms with Crippen molar-refractivity contribution < 1.29 is 0 Å². The second-order valence-corrected chi connectivity index (χ2v) is 14.9. The third-order valence-electron chi connectivity index (χ3n) is 11.5. The molecule has 0 unspecified atom stereocenters. The largest absolute Gasteiger partial charge is 0.309 e. The normalized spacial score (nSPS) is 12.8. The van der Waals surface area contributed by atoms with Gasteiger partial charge in [0.15, 0.2) is 0 Å². The fourth-order valence-corrected chi connectivity index (χ4v) is 8.81. The molecular weight excluding hydrogens is 651 g/mol. The zero-order valence-electron chi connectivity index (χ0n) is 30.5. The lowest BCUT2D eigenvalue weighted by atomic mass is 9.82. The molecule has 0 N–H and O–H groups in total. The first-order valence-electron chi connectivity index (χ1n) is 18.9. The maximum Gasteiger partial charge on any atom is 0.0546 e. The second-order valence-electron chi connectivity index (χ2n) is 14.9. The summed E-state index contributed by atoms with van der Waals surface area (Å²) in [6.07, 6.45) is 0. The van der Waals surface area contributed by atoms with Gasteiger partial charge in [-0.3, -0.25) is 0 Å². The van der Waals surface area contributed by atoms with E-state index in [-0.39, 0.29) is 5.41 Å². The van der Waals surface area contributed by atoms with Crippen LogP contribution in [0.4, 0.5) is 17.1 Å². The first-order chi connectivity index (χ1) is 26.6. The molecule has 9 aromatic carbocycles. The van der Waals surface area contributed by atoms with Gasteiger partial charge in [0.05, 0.1) is 11.4 Å². The van der Waals surface area contributed by atoms with Gasteiger partial charge >= 0.3 is 0 Å². The Hall–Kier alpha value is -6.70. The van der Waals surface area contributed by atoms with Gasteiger partial charge in [0.1, 0.15) is 0 Å². The summed E-state index contributed by atoms with van der Waals surface area (Å²) in [6, 6.07) is 73.5. The maximum atomic E-state index is 2.51. The highest BCUT2D eigenvalue weighted by Gasteiger charge is 2.36. The Labute approximate surface area is 317 Å². The van der Waals surface area contributed by atoms with Crippen molar-refractivity contribution in [3.05, 3.63) is 211 Å². The van der Waals surface area contributed by atoms with E-state index in [1.807, 2.05) is 0 Å². The van der Waals surface area contributed by atoms with E-state index in [0.717, 1.165) is 17.1 Å². The summed E-state index contributed by atoms with van der Waals surface area (Å²) in [5, 5.41) is 5.04. The van der Waals surface area contributed by atoms with Crippen molar-refractivity contribution in [3.8, 4) is 44.5 Å². The van der Waals surface area contributed by atoms with Crippen molar-refractivity contribution in [3.63, 3.8) is 0 Å². The van der Waals surface area contributed by atoms with Crippen LogP contribution in [-0.2, 0) is 5.41 Å². The van der Waals surface area contributed by atoms with Crippen LogP contribution in [0.3, 0.4) is 0 Å². The highest BCUT2D eigenvalue weighted by atomic mass is 15.1. The van der Waals surface area contributed by atoms with E-state index in [2.05, 4.69) is 219 Å². The molecule has 9 aromatic rings. The average Bonchev–Trinajstić information content (AvgIpc) is 3.47. The number of rotatable bonds is 6. The van der Waals surface area contributed by atoms with E-state index in [9.17, 15) is 0 Å². The van der Waals surface area contributed by atoms with Crippen molar-refractivity contribution >= 4 is 38.6 Å². The summed E-state index contributed by atoms with van der Waals surface area (Å²) in [5.74, 6) is 0. The molecule has 0 fully saturated rings. The van der Waals surface area contributed by atoms with Crippen molar-refractivity contribution in [1.29, 1.82) is 0 Å². The molecule has 0 saturated carbocycles. The van der Waals surface area contributed by atoms with Crippen LogP contribution in [-0.4, -0.2) is 0 Å². The molecule has 1 aliphatic carbocycles. The third-order valence-corrected chi connectivity index (χ3v) is 11.5. The number of para-hydroxylation sites is 1. The third kappa shape index (κ3) is 5.16. The lowest BCUT2D eigenvalue weighted by molar-refractivity contribution is 0.660. The number of hydrogen-bond acceptors (Lipinski definition) is 1. The summed E-state index contributed by atoms with van der Waals surface area (Å²) in [6.45, 7) is 4.73. The van der Waals surface area contributed by atoms with Crippen LogP contribution >= 0.6 is 0 Å². The van der Waals surface area contributed by atoms with Crippen LogP contribution < -0.4 is 4.90 Å². The minimum absolute atomic E-state index is 0.138. The first kappa shape index (κ1) is 32.0. The Morgan fingerprint density at radius 2 is 0.889 bits per heavy atom. The number of hydrogen-bond donors (Lipinski definition) is 0. The van der Waals surface area contributed by atoms with Crippen LogP contribution in [0.5, 0.6) is 0 Å². The number of nitrogens with zero attached hydrogens (tertiary/aromatic N) is 1. The van der Waals surface area contributed by atoms with E-state index < -0.39 is 0 Å². The minimum atomic E-state index is -0.138. The van der Waals surface area contributed by atoms with Crippen LogP contribution in [0.25, 0.3) is 66.1 Å². The quantitative estimate of drug-likeness (QED) is 0.157. The predicted molar refractivity (Wildman–Crippen MR) is 230 cm³/mol. The van der Waals surface area contributed by atoms with Gasteiger partial charge in [-0.15, -0.1) is 0 Å². The highest BCUT2D eigenvalue weighted by Crippen LogP contribution is 2.52. The van der Waals surface area contributed by atoms with Gasteiger partial charge in [0, 0.05) is 22.2 Å². The molecule has 0 aliphatic heterocycles. The van der Waals surface area contributed by atoms with E-state index in [1.165, 1.54) is 77.2 Å². The number of benzene rings is 9. The number of fused-ring (bicyclic) bond motifs is 6. The Morgan fingerprint density at radius 1 is 0.333 bits per heavy atom. The molecule has 0 atom stereocenters. The van der Waals surface area contributed by atoms with E-state index in [4.69, 9.17) is 0 Å². The Bertz CT molecular complexity index is 2850. The maximum absolute atomic E-state index is 2.51. The molecule has 0 saturated heterocycles. The Kier molecular flexibility index (Phi) is 7.56. The first-order valence-corrected chi connectivity index (χ1v) is 18.9. The molecule has 1 nitrogen and oxygen atoms in total. The van der Waals surface area contributed by atoms with Crippen molar-refractivity contribution in [2.24, 2.45) is 0 Å². The van der Waals surface area contributed by atoms with Gasteiger partial charge in [0.25, 0.3) is 0 Å². The summed E-state index contributed by atoms with van der Waals surface area (Å²) >= 11 is 0. The topological polar surface area (TPSA) is 3.24 Å². The average molecular weight is 690 g/mol. The van der Waals surface area contributed by atoms with Crippen molar-refractivity contribution in [2.45, 2.75) is 19.3 Å². The molecule has 0 radical (unpaired) electrons. The molecule has 1 heteroatoms. The smallest absolute Gasteiger partial charge is 0.0546 e. The fourth-order valence-electron chi connectivity index (χ4n) is 8.81. The standard InChI is InChI=1S/C53H39N/c1-53(2)49-27-15-13-26-46(49)47-32-30-40(35-50(47)53)54(51-28-16-14-23-42(51)36-17-5-3-6-18-36)52-34-39(29-31-43(52)37-19-7-4-8-20-37)48-33-38-21-9-10-22-41(38)44-24-11-12-25-45(44)48/h3-35H,1-2H3. The molecule has 0 heterocycles. The molecule has 0 bridgehead atoms. The number of anilines is 3. The van der Waals surface area contributed by atoms with Crippen molar-refractivity contribution in [2.75, 3.05) is 4.90 Å². The summed E-state index contributed by atoms with van der Waals surface area (Å²) in [4.78, 5) is 2.51. The van der Waals surface area contributed by atoms with Crippen molar-refractivity contribution in [1.82, 2.24) is 0 Å². The molecule has 0 aromatic heterocycles. The van der Waals surface area contributed by atoms with E-state index >= 15 is 0 Å². The van der Waals surface area contributed by atoms with Gasteiger partial charge in [-0.25, -0.2) is 0 Å². The van der Waals surface area contributed by atoms with E-state index in [0.29, 0.717) is 0 Å². The van der Waals surface area contributed by atoms with Crippen LogP contribution in [0.15, 0.2) is 200 Å². The lowest BCUT2D eigenvalue weighted by Gasteiger charge is -2.32. The van der Waals surface area contributed by atoms with Gasteiger partial charge in [-0.1, -0.05) is 184 Å². The molecule has 10 rings (SSSR count). The monoisotopic (exact) mass is 689 g/mol. The SMILES string of the molecule is CC1(C)c2ccccc2-c2ccc(N(c3ccccc3-c3ccccc3)c3cc(-c4cc5ccccc5c5ccccc45)ccc3-c3ccccc3)cc21. The lowest BCUT2D eigenvalue weighted by Crippen LogP contribution is -2.17. The summed E-state index contributed by atoms with van der Waals surface area (Å²) in [5.41, 5.74) is 15.8. The van der Waals surface area contributed by atoms with Gasteiger partial charge in [0.2, 0.25) is 0 Å². The second kappa shape index (κ2) is 12.8. The van der Waals surface area contributed by atoms with Gasteiger partial charge in [-0.2, -0.15) is 0 Å². The molecular formula is C53H39N. The van der Waals surface area contributed by atoms with Gasteiger partial charge in [-0.05, 0) is 96.4 Å². The Balaban J connectivity index is 1.28.